The van der Waals surface area contributed by atoms with E-state index in [0.717, 1.165) is 5.75 Å². The molecule has 0 amide bonds. The maximum atomic E-state index is 12.1. The van der Waals surface area contributed by atoms with E-state index in [9.17, 15) is 9.59 Å². The number of carbonyl (C=O) groups excluding carboxylic acids is 2. The molecule has 2 unspecified atom stereocenters. The summed E-state index contributed by atoms with van der Waals surface area (Å²) >= 11 is 1.68. The highest BCUT2D eigenvalue weighted by Gasteiger charge is 2.35. The van der Waals surface area contributed by atoms with Gasteiger partial charge in [0.15, 0.2) is 5.78 Å². The van der Waals surface area contributed by atoms with Crippen LogP contribution in [0.25, 0.3) is 0 Å². The summed E-state index contributed by atoms with van der Waals surface area (Å²) in [7, 11) is 0. The Kier molecular flexibility index (Phi) is 5.00. The van der Waals surface area contributed by atoms with Crippen molar-refractivity contribution in [3.05, 3.63) is 23.8 Å². The fraction of sp³-hybridized carbons (Fsp3) is 0.538. The number of Topliss-reactive ketones (excluding diaryl/α,β-unsaturated/α-hetero) is 2. The van der Waals surface area contributed by atoms with Crippen LogP contribution in [0, 0.1) is 5.92 Å². The minimum Gasteiger partial charge on any atom is -0.300 e. The summed E-state index contributed by atoms with van der Waals surface area (Å²) in [5.41, 5.74) is 0.648. The van der Waals surface area contributed by atoms with Crippen molar-refractivity contribution in [1.82, 2.24) is 0 Å². The SMILES string of the molecule is C/C=C\C=C(/CC(C)=O)C(=O)C1SCC1C. The minimum absolute atomic E-state index is 0.0427. The summed E-state index contributed by atoms with van der Waals surface area (Å²) in [4.78, 5) is 23.2. The third-order valence-electron chi connectivity index (χ3n) is 2.56. The second kappa shape index (κ2) is 6.04. The summed E-state index contributed by atoms with van der Waals surface area (Å²) < 4.78 is 0. The number of allylic oxidation sites excluding steroid dienone is 4. The van der Waals surface area contributed by atoms with Crippen LogP contribution in [0.5, 0.6) is 0 Å². The smallest absolute Gasteiger partial charge is 0.172 e. The van der Waals surface area contributed by atoms with Crippen LogP contribution in [0.4, 0.5) is 0 Å². The highest BCUT2D eigenvalue weighted by atomic mass is 32.2. The van der Waals surface area contributed by atoms with Crippen LogP contribution in [0.15, 0.2) is 23.8 Å². The van der Waals surface area contributed by atoms with E-state index in [2.05, 4.69) is 6.92 Å². The van der Waals surface area contributed by atoms with Crippen LogP contribution >= 0.6 is 11.8 Å². The van der Waals surface area contributed by atoms with E-state index < -0.39 is 0 Å². The molecule has 0 aromatic rings. The Balaban J connectivity index is 2.75. The monoisotopic (exact) mass is 238 g/mol. The number of thioether (sulfide) groups is 1. The Morgan fingerprint density at radius 3 is 2.50 bits per heavy atom. The van der Waals surface area contributed by atoms with Gasteiger partial charge in [0.2, 0.25) is 0 Å². The van der Waals surface area contributed by atoms with Crippen molar-refractivity contribution in [3.8, 4) is 0 Å². The lowest BCUT2D eigenvalue weighted by atomic mass is 9.96. The second-order valence-corrected chi connectivity index (χ2v) is 5.37. The van der Waals surface area contributed by atoms with Crippen molar-refractivity contribution < 1.29 is 9.59 Å². The zero-order valence-corrected chi connectivity index (χ0v) is 10.8. The van der Waals surface area contributed by atoms with Gasteiger partial charge < -0.3 is 0 Å². The molecule has 2 atom stereocenters. The molecule has 0 bridgehead atoms. The summed E-state index contributed by atoms with van der Waals surface area (Å²) in [6.07, 6.45) is 5.72. The average Bonchev–Trinajstić information content (AvgIpc) is 2.21. The highest BCUT2D eigenvalue weighted by molar-refractivity contribution is 8.02. The van der Waals surface area contributed by atoms with Gasteiger partial charge in [-0.15, -0.1) is 11.8 Å². The summed E-state index contributed by atoms with van der Waals surface area (Å²) in [6, 6.07) is 0. The van der Waals surface area contributed by atoms with Crippen LogP contribution < -0.4 is 0 Å². The van der Waals surface area contributed by atoms with Crippen LogP contribution in [0.2, 0.25) is 0 Å². The molecule has 88 valence electrons. The molecule has 2 nitrogen and oxygen atoms in total. The Hall–Kier alpha value is -0.830. The summed E-state index contributed by atoms with van der Waals surface area (Å²) in [6.45, 7) is 5.50. The van der Waals surface area contributed by atoms with E-state index in [0.29, 0.717) is 11.5 Å². The lowest BCUT2D eigenvalue weighted by molar-refractivity contribution is -0.120. The van der Waals surface area contributed by atoms with Gasteiger partial charge in [-0.2, -0.15) is 0 Å². The molecule has 0 N–H and O–H groups in total. The molecule has 1 fully saturated rings. The molecular formula is C13H18O2S. The third-order valence-corrected chi connectivity index (χ3v) is 4.32. The highest BCUT2D eigenvalue weighted by Crippen LogP contribution is 2.36. The van der Waals surface area contributed by atoms with E-state index in [1.54, 1.807) is 17.8 Å². The Bertz CT molecular complexity index is 342. The number of ketones is 2. The van der Waals surface area contributed by atoms with E-state index >= 15 is 0 Å². The van der Waals surface area contributed by atoms with Gasteiger partial charge in [0.1, 0.15) is 5.78 Å². The first-order valence-electron chi connectivity index (χ1n) is 5.53. The van der Waals surface area contributed by atoms with Crippen LogP contribution in [0.1, 0.15) is 27.2 Å². The molecule has 1 saturated heterocycles. The van der Waals surface area contributed by atoms with Crippen LogP contribution in [-0.4, -0.2) is 22.6 Å². The third kappa shape index (κ3) is 3.34. The Morgan fingerprint density at radius 2 is 2.12 bits per heavy atom. The zero-order chi connectivity index (χ0) is 12.1. The van der Waals surface area contributed by atoms with Crippen molar-refractivity contribution in [1.29, 1.82) is 0 Å². The van der Waals surface area contributed by atoms with Crippen molar-refractivity contribution in [2.24, 2.45) is 5.92 Å². The number of rotatable bonds is 5. The fourth-order valence-corrected chi connectivity index (χ4v) is 2.68. The van der Waals surface area contributed by atoms with Gasteiger partial charge in [-0.1, -0.05) is 25.2 Å². The van der Waals surface area contributed by atoms with Gasteiger partial charge in [0, 0.05) is 12.0 Å². The lowest BCUT2D eigenvalue weighted by Crippen LogP contribution is -2.36. The maximum absolute atomic E-state index is 12.1. The van der Waals surface area contributed by atoms with Crippen LogP contribution in [0.3, 0.4) is 0 Å². The van der Waals surface area contributed by atoms with E-state index in [4.69, 9.17) is 0 Å². The maximum Gasteiger partial charge on any atom is 0.172 e. The molecule has 1 heterocycles. The summed E-state index contributed by atoms with van der Waals surface area (Å²) in [5, 5.41) is 0.0656. The van der Waals surface area contributed by atoms with Gasteiger partial charge >= 0.3 is 0 Å². The van der Waals surface area contributed by atoms with Gasteiger partial charge in [0.05, 0.1) is 5.25 Å². The largest absolute Gasteiger partial charge is 0.300 e. The molecule has 3 heteroatoms. The van der Waals surface area contributed by atoms with Crippen LogP contribution in [-0.2, 0) is 9.59 Å². The molecule has 1 aliphatic rings. The fourth-order valence-electron chi connectivity index (χ4n) is 1.61. The molecule has 0 aromatic carbocycles. The molecule has 16 heavy (non-hydrogen) atoms. The first kappa shape index (κ1) is 13.2. The quantitative estimate of drug-likeness (QED) is 0.545. The van der Waals surface area contributed by atoms with E-state index in [1.165, 1.54) is 6.92 Å². The van der Waals surface area contributed by atoms with Gasteiger partial charge in [0.25, 0.3) is 0 Å². The van der Waals surface area contributed by atoms with Crippen molar-refractivity contribution >= 4 is 23.3 Å². The number of hydrogen-bond acceptors (Lipinski definition) is 3. The average molecular weight is 238 g/mol. The molecule has 1 rings (SSSR count). The number of carbonyl (C=O) groups is 2. The molecule has 0 aliphatic carbocycles. The molecule has 1 aliphatic heterocycles. The standard InChI is InChI=1S/C13H18O2S/c1-4-5-6-11(7-10(3)14)12(15)13-9(2)8-16-13/h4-6,9,13H,7-8H2,1-3H3/b5-4-,11-6+. The van der Waals surface area contributed by atoms with Crippen molar-refractivity contribution in [2.45, 2.75) is 32.4 Å². The predicted molar refractivity (Wildman–Crippen MR) is 68.6 cm³/mol. The first-order valence-corrected chi connectivity index (χ1v) is 6.58. The topological polar surface area (TPSA) is 34.1 Å². The molecule has 0 aromatic heterocycles. The van der Waals surface area contributed by atoms with Gasteiger partial charge in [-0.3, -0.25) is 9.59 Å². The summed E-state index contributed by atoms with van der Waals surface area (Å²) in [5.74, 6) is 1.67. The Labute approximate surface area is 101 Å². The molecule has 0 radical (unpaired) electrons. The van der Waals surface area contributed by atoms with Crippen molar-refractivity contribution in [3.63, 3.8) is 0 Å². The molecule has 0 spiro atoms. The first-order chi connectivity index (χ1) is 7.56. The molecule has 0 saturated carbocycles. The van der Waals surface area contributed by atoms with Gasteiger partial charge in [-0.25, -0.2) is 0 Å². The van der Waals surface area contributed by atoms with Crippen molar-refractivity contribution in [2.75, 3.05) is 5.75 Å². The minimum atomic E-state index is 0.0427. The van der Waals surface area contributed by atoms with E-state index in [-0.39, 0.29) is 23.2 Å². The normalized spacial score (nSPS) is 25.6. The lowest BCUT2D eigenvalue weighted by Gasteiger charge is -2.32. The predicted octanol–water partition coefficient (Wildman–Crippen LogP) is 2.79. The zero-order valence-electron chi connectivity index (χ0n) is 10.0. The van der Waals surface area contributed by atoms with Gasteiger partial charge in [-0.05, 0) is 25.5 Å². The second-order valence-electron chi connectivity index (χ2n) is 4.19. The number of hydrogen-bond donors (Lipinski definition) is 0. The van der Waals surface area contributed by atoms with E-state index in [1.807, 2.05) is 19.1 Å². The Morgan fingerprint density at radius 1 is 1.44 bits per heavy atom. The molecular weight excluding hydrogens is 220 g/mol.